The molecule has 1 aliphatic heterocycles. The van der Waals surface area contributed by atoms with Gasteiger partial charge in [0, 0.05) is 22.7 Å². The summed E-state index contributed by atoms with van der Waals surface area (Å²) in [6.07, 6.45) is 4.23. The van der Waals surface area contributed by atoms with Gasteiger partial charge in [-0.1, -0.05) is 19.9 Å². The highest BCUT2D eigenvalue weighted by Crippen LogP contribution is 2.38. The minimum absolute atomic E-state index is 0.248. The number of nitrogens with zero attached hydrogens (tertiary/aromatic N) is 2. The molecule has 0 radical (unpaired) electrons. The fourth-order valence-electron chi connectivity index (χ4n) is 4.76. The van der Waals surface area contributed by atoms with Gasteiger partial charge < -0.3 is 10.3 Å². The van der Waals surface area contributed by atoms with E-state index in [-0.39, 0.29) is 5.82 Å². The van der Waals surface area contributed by atoms with Crippen molar-refractivity contribution in [3.63, 3.8) is 0 Å². The van der Waals surface area contributed by atoms with Crippen LogP contribution in [0.15, 0.2) is 36.5 Å². The van der Waals surface area contributed by atoms with Gasteiger partial charge in [0.1, 0.15) is 5.52 Å². The van der Waals surface area contributed by atoms with Crippen LogP contribution in [0.1, 0.15) is 55.3 Å². The van der Waals surface area contributed by atoms with Gasteiger partial charge in [0.15, 0.2) is 5.82 Å². The number of aromatic nitrogens is 3. The van der Waals surface area contributed by atoms with E-state index < -0.39 is 0 Å². The van der Waals surface area contributed by atoms with Crippen LogP contribution in [0.25, 0.3) is 27.7 Å². The van der Waals surface area contributed by atoms with Crippen LogP contribution in [0.5, 0.6) is 0 Å². The molecule has 0 atom stereocenters. The molecule has 4 nitrogen and oxygen atoms in total. The number of pyridine rings is 1. The van der Waals surface area contributed by atoms with Crippen molar-refractivity contribution in [1.82, 2.24) is 19.9 Å². The van der Waals surface area contributed by atoms with E-state index >= 15 is 0 Å². The van der Waals surface area contributed by atoms with E-state index in [4.69, 9.17) is 0 Å². The van der Waals surface area contributed by atoms with Gasteiger partial charge in [-0.3, -0.25) is 0 Å². The van der Waals surface area contributed by atoms with Crippen molar-refractivity contribution in [1.29, 1.82) is 0 Å². The van der Waals surface area contributed by atoms with Crippen LogP contribution in [0.4, 0.5) is 4.39 Å². The summed E-state index contributed by atoms with van der Waals surface area (Å²) in [5.41, 5.74) is 6.90. The zero-order valence-electron chi connectivity index (χ0n) is 17.2. The Morgan fingerprint density at radius 2 is 1.93 bits per heavy atom. The standard InChI is InChI=1S/C24H27FN4/c1-14(2)22-19-12-17(16-6-9-26-10-7-16)4-5-20(19)27-24(22)18-8-11-29-21(13-18)23(25)15(3)28-29/h4-5,8,11-14,16,26-27H,6-7,9-10H2,1-3H3. The topological polar surface area (TPSA) is 45.1 Å². The molecule has 0 aliphatic carbocycles. The van der Waals surface area contributed by atoms with Gasteiger partial charge in [0.25, 0.3) is 0 Å². The highest BCUT2D eigenvalue weighted by atomic mass is 19.1. The molecule has 1 saturated heterocycles. The summed E-state index contributed by atoms with van der Waals surface area (Å²) in [5, 5.41) is 8.98. The number of aryl methyl sites for hydroxylation is 1. The van der Waals surface area contributed by atoms with Gasteiger partial charge in [-0.2, -0.15) is 5.10 Å². The predicted octanol–water partition coefficient (Wildman–Crippen LogP) is 5.52. The van der Waals surface area contributed by atoms with E-state index in [1.165, 1.54) is 29.4 Å². The van der Waals surface area contributed by atoms with Crippen LogP contribution in [-0.4, -0.2) is 27.7 Å². The first-order valence-electron chi connectivity index (χ1n) is 10.5. The fraction of sp³-hybridized carbons (Fsp3) is 0.375. The van der Waals surface area contributed by atoms with E-state index in [1.54, 1.807) is 11.4 Å². The molecule has 5 rings (SSSR count). The van der Waals surface area contributed by atoms with E-state index in [0.29, 0.717) is 23.0 Å². The highest BCUT2D eigenvalue weighted by molar-refractivity contribution is 5.92. The summed E-state index contributed by atoms with van der Waals surface area (Å²) in [5.74, 6) is 0.733. The van der Waals surface area contributed by atoms with Crippen molar-refractivity contribution < 1.29 is 4.39 Å². The Labute approximate surface area is 170 Å². The first-order chi connectivity index (χ1) is 14.0. The molecular weight excluding hydrogens is 363 g/mol. The van der Waals surface area contributed by atoms with Crippen LogP contribution in [0.2, 0.25) is 0 Å². The SMILES string of the molecule is Cc1nn2ccc(-c3[nH]c4ccc(C5CCNCC5)cc4c3C(C)C)cc2c1F. The Bertz CT molecular complexity index is 1190. The molecule has 1 fully saturated rings. The normalized spacial score (nSPS) is 15.8. The Morgan fingerprint density at radius 1 is 1.14 bits per heavy atom. The molecule has 29 heavy (non-hydrogen) atoms. The Hall–Kier alpha value is -2.66. The molecule has 1 aliphatic rings. The van der Waals surface area contributed by atoms with E-state index in [0.717, 1.165) is 29.9 Å². The molecule has 3 aromatic heterocycles. The molecule has 0 saturated carbocycles. The summed E-state index contributed by atoms with van der Waals surface area (Å²) < 4.78 is 16.1. The van der Waals surface area contributed by atoms with E-state index in [2.05, 4.69) is 47.4 Å². The lowest BCUT2D eigenvalue weighted by Crippen LogP contribution is -2.26. The maximum absolute atomic E-state index is 14.5. The number of aromatic amines is 1. The van der Waals surface area contributed by atoms with Gasteiger partial charge in [-0.25, -0.2) is 8.91 Å². The second-order valence-corrected chi connectivity index (χ2v) is 8.54. The smallest absolute Gasteiger partial charge is 0.171 e. The Kier molecular flexibility index (Phi) is 4.43. The zero-order chi connectivity index (χ0) is 20.1. The molecule has 0 bridgehead atoms. The summed E-state index contributed by atoms with van der Waals surface area (Å²) >= 11 is 0. The van der Waals surface area contributed by atoms with Gasteiger partial charge >= 0.3 is 0 Å². The summed E-state index contributed by atoms with van der Waals surface area (Å²) in [6, 6.07) is 10.8. The predicted molar refractivity (Wildman–Crippen MR) is 116 cm³/mol. The van der Waals surface area contributed by atoms with Gasteiger partial charge in [0.2, 0.25) is 0 Å². The first-order valence-corrected chi connectivity index (χ1v) is 10.5. The minimum atomic E-state index is -0.248. The number of nitrogens with one attached hydrogen (secondary N) is 2. The molecule has 4 aromatic rings. The monoisotopic (exact) mass is 390 g/mol. The average Bonchev–Trinajstić information content (AvgIpc) is 3.25. The van der Waals surface area contributed by atoms with Crippen molar-refractivity contribution in [2.45, 2.75) is 45.4 Å². The molecule has 1 aromatic carbocycles. The number of halogens is 1. The number of fused-ring (bicyclic) bond motifs is 2. The molecule has 0 unspecified atom stereocenters. The molecule has 5 heteroatoms. The van der Waals surface area contributed by atoms with Crippen LogP contribution < -0.4 is 5.32 Å². The minimum Gasteiger partial charge on any atom is -0.354 e. The van der Waals surface area contributed by atoms with Crippen molar-refractivity contribution in [3.8, 4) is 11.3 Å². The van der Waals surface area contributed by atoms with Crippen molar-refractivity contribution in [3.05, 3.63) is 59.2 Å². The van der Waals surface area contributed by atoms with Gasteiger partial charge in [0.05, 0.1) is 11.4 Å². The maximum atomic E-state index is 14.5. The fourth-order valence-corrected chi connectivity index (χ4v) is 4.76. The molecule has 150 valence electrons. The Balaban J connectivity index is 1.67. The lowest BCUT2D eigenvalue weighted by molar-refractivity contribution is 0.460. The van der Waals surface area contributed by atoms with Gasteiger partial charge in [-0.15, -0.1) is 0 Å². The second-order valence-electron chi connectivity index (χ2n) is 8.54. The molecule has 0 amide bonds. The average molecular weight is 391 g/mol. The van der Waals surface area contributed by atoms with Crippen molar-refractivity contribution in [2.75, 3.05) is 13.1 Å². The molecule has 2 N–H and O–H groups in total. The molecule has 4 heterocycles. The van der Waals surface area contributed by atoms with Crippen LogP contribution >= 0.6 is 0 Å². The first kappa shape index (κ1) is 18.4. The lowest BCUT2D eigenvalue weighted by atomic mass is 9.88. The number of benzene rings is 1. The quantitative estimate of drug-likeness (QED) is 0.484. The second kappa shape index (κ2) is 6.99. The molecule has 0 spiro atoms. The number of hydrogen-bond acceptors (Lipinski definition) is 2. The van der Waals surface area contributed by atoms with Crippen LogP contribution in [0, 0.1) is 12.7 Å². The third-order valence-corrected chi connectivity index (χ3v) is 6.27. The Morgan fingerprint density at radius 3 is 2.69 bits per heavy atom. The lowest BCUT2D eigenvalue weighted by Gasteiger charge is -2.23. The number of rotatable bonds is 3. The van der Waals surface area contributed by atoms with Crippen molar-refractivity contribution in [2.24, 2.45) is 0 Å². The van der Waals surface area contributed by atoms with E-state index in [9.17, 15) is 4.39 Å². The van der Waals surface area contributed by atoms with Crippen LogP contribution in [0.3, 0.4) is 0 Å². The van der Waals surface area contributed by atoms with Crippen molar-refractivity contribution >= 4 is 16.4 Å². The third-order valence-electron chi connectivity index (χ3n) is 6.27. The molecular formula is C24H27FN4. The summed E-state index contributed by atoms with van der Waals surface area (Å²) in [4.78, 5) is 3.62. The summed E-state index contributed by atoms with van der Waals surface area (Å²) in [6.45, 7) is 8.34. The maximum Gasteiger partial charge on any atom is 0.171 e. The number of hydrogen-bond donors (Lipinski definition) is 2. The van der Waals surface area contributed by atoms with E-state index in [1.807, 2.05) is 18.3 Å². The number of H-pyrrole nitrogens is 1. The van der Waals surface area contributed by atoms with Crippen LogP contribution in [-0.2, 0) is 0 Å². The highest BCUT2D eigenvalue weighted by Gasteiger charge is 2.20. The zero-order valence-corrected chi connectivity index (χ0v) is 17.2. The summed E-state index contributed by atoms with van der Waals surface area (Å²) in [7, 11) is 0. The largest absolute Gasteiger partial charge is 0.354 e. The number of piperidine rings is 1. The van der Waals surface area contributed by atoms with Gasteiger partial charge in [-0.05, 0) is 80.1 Å². The third kappa shape index (κ3) is 3.04.